The predicted molar refractivity (Wildman–Crippen MR) is 83.3 cm³/mol. The quantitative estimate of drug-likeness (QED) is 0.838. The summed E-state index contributed by atoms with van der Waals surface area (Å²) in [7, 11) is 1.75. The van der Waals surface area contributed by atoms with E-state index in [0.29, 0.717) is 12.1 Å². The van der Waals surface area contributed by atoms with Crippen LogP contribution in [0.2, 0.25) is 0 Å². The molecule has 1 atom stereocenters. The van der Waals surface area contributed by atoms with E-state index in [4.69, 9.17) is 4.84 Å². The van der Waals surface area contributed by atoms with E-state index in [1.807, 2.05) is 30.3 Å². The highest BCUT2D eigenvalue weighted by Gasteiger charge is 2.27. The lowest BCUT2D eigenvalue weighted by Gasteiger charge is -2.08. The summed E-state index contributed by atoms with van der Waals surface area (Å²) in [5, 5.41) is 3.80. The summed E-state index contributed by atoms with van der Waals surface area (Å²) < 4.78 is 1.66. The number of hydrogen-bond acceptors (Lipinski definition) is 4. The molecule has 118 valence electrons. The normalized spacial score (nSPS) is 16.4. The molecule has 2 N–H and O–H groups in total. The number of rotatable bonds is 3. The van der Waals surface area contributed by atoms with Gasteiger partial charge in [0.25, 0.3) is 11.8 Å². The largest absolute Gasteiger partial charge is 0.387 e. The first kappa shape index (κ1) is 14.8. The molecule has 0 unspecified atom stereocenters. The van der Waals surface area contributed by atoms with Crippen LogP contribution in [0.3, 0.4) is 0 Å². The monoisotopic (exact) mass is 312 g/mol. The third-order valence-electron chi connectivity index (χ3n) is 3.57. The highest BCUT2D eigenvalue weighted by Crippen LogP contribution is 2.26. The van der Waals surface area contributed by atoms with Crippen LogP contribution in [0, 0.1) is 0 Å². The van der Waals surface area contributed by atoms with Crippen molar-refractivity contribution < 1.29 is 14.4 Å². The lowest BCUT2D eigenvalue weighted by molar-refractivity contribution is -0.115. The minimum Gasteiger partial charge on any atom is -0.387 e. The van der Waals surface area contributed by atoms with Crippen LogP contribution < -0.4 is 10.9 Å². The van der Waals surface area contributed by atoms with Gasteiger partial charge in [-0.25, -0.2) is 0 Å². The van der Waals surface area contributed by atoms with E-state index in [1.165, 1.54) is 0 Å². The van der Waals surface area contributed by atoms with Gasteiger partial charge in [0.1, 0.15) is 5.69 Å². The van der Waals surface area contributed by atoms with Crippen LogP contribution in [0.1, 0.15) is 28.6 Å². The Labute approximate surface area is 132 Å². The summed E-state index contributed by atoms with van der Waals surface area (Å²) in [6.07, 6.45) is 1.83. The fraction of sp³-hybridized carbons (Fsp3) is 0.188. The molecule has 3 rings (SSSR count). The maximum absolute atomic E-state index is 12.0. The Morgan fingerprint density at radius 1 is 1.13 bits per heavy atom. The molecule has 7 heteroatoms. The van der Waals surface area contributed by atoms with Crippen LogP contribution in [0.4, 0.5) is 0 Å². The van der Waals surface area contributed by atoms with Crippen molar-refractivity contribution in [2.24, 2.45) is 12.2 Å². The second-order valence-electron chi connectivity index (χ2n) is 5.16. The van der Waals surface area contributed by atoms with Crippen LogP contribution in [0.5, 0.6) is 0 Å². The molecule has 0 bridgehead atoms. The van der Waals surface area contributed by atoms with Gasteiger partial charge in [-0.2, -0.15) is 0 Å². The summed E-state index contributed by atoms with van der Waals surface area (Å²) in [5.74, 6) is -0.879. The molecule has 1 aliphatic rings. The van der Waals surface area contributed by atoms with E-state index in [2.05, 4.69) is 16.0 Å². The zero-order valence-corrected chi connectivity index (χ0v) is 12.5. The molecular formula is C16H16N4O3. The number of benzene rings is 1. The average Bonchev–Trinajstić information content (AvgIpc) is 3.22. The molecule has 7 nitrogen and oxygen atoms in total. The van der Waals surface area contributed by atoms with Crippen LogP contribution in [0.25, 0.3) is 0 Å². The van der Waals surface area contributed by atoms with Gasteiger partial charge in [-0.3, -0.25) is 20.4 Å². The summed E-state index contributed by atoms with van der Waals surface area (Å²) in [5.41, 5.74) is 6.35. The fourth-order valence-electron chi connectivity index (χ4n) is 2.30. The van der Waals surface area contributed by atoms with Gasteiger partial charge in [0.2, 0.25) is 0 Å². The van der Waals surface area contributed by atoms with Crippen molar-refractivity contribution in [1.29, 1.82) is 0 Å². The van der Waals surface area contributed by atoms with E-state index >= 15 is 0 Å². The Morgan fingerprint density at radius 2 is 1.87 bits per heavy atom. The molecule has 1 aromatic carbocycles. The number of aromatic nitrogens is 1. The number of amides is 2. The van der Waals surface area contributed by atoms with Crippen molar-refractivity contribution in [3.63, 3.8) is 0 Å². The van der Waals surface area contributed by atoms with Crippen molar-refractivity contribution in [3.05, 3.63) is 59.9 Å². The molecule has 2 amide bonds. The van der Waals surface area contributed by atoms with E-state index < -0.39 is 11.8 Å². The molecule has 0 saturated carbocycles. The number of hydrazine groups is 1. The van der Waals surface area contributed by atoms with Crippen molar-refractivity contribution in [1.82, 2.24) is 15.4 Å². The van der Waals surface area contributed by atoms with Gasteiger partial charge in [-0.1, -0.05) is 35.5 Å². The summed E-state index contributed by atoms with van der Waals surface area (Å²) in [6.45, 7) is 0. The molecule has 2 heterocycles. The predicted octanol–water partition coefficient (Wildman–Crippen LogP) is 1.30. The van der Waals surface area contributed by atoms with Crippen LogP contribution in [0.15, 0.2) is 53.8 Å². The van der Waals surface area contributed by atoms with Crippen LogP contribution in [-0.2, 0) is 16.7 Å². The summed E-state index contributed by atoms with van der Waals surface area (Å²) in [6, 6.07) is 12.9. The Morgan fingerprint density at radius 3 is 2.57 bits per heavy atom. The number of nitrogens with zero attached hydrogens (tertiary/aromatic N) is 2. The van der Waals surface area contributed by atoms with Crippen LogP contribution >= 0.6 is 0 Å². The van der Waals surface area contributed by atoms with Crippen molar-refractivity contribution in [2.75, 3.05) is 0 Å². The molecule has 0 fully saturated rings. The van der Waals surface area contributed by atoms with E-state index in [1.54, 1.807) is 29.9 Å². The molecule has 2 aromatic rings. The van der Waals surface area contributed by atoms with Gasteiger partial charge in [0.05, 0.1) is 0 Å². The lowest BCUT2D eigenvalue weighted by atomic mass is 10.0. The number of oxime groups is 1. The Bertz CT molecular complexity index is 752. The molecule has 0 radical (unpaired) electrons. The first-order valence-electron chi connectivity index (χ1n) is 7.15. The van der Waals surface area contributed by atoms with E-state index in [-0.39, 0.29) is 11.8 Å². The van der Waals surface area contributed by atoms with E-state index in [0.717, 1.165) is 5.56 Å². The third-order valence-corrected chi connectivity index (χ3v) is 3.57. The van der Waals surface area contributed by atoms with E-state index in [9.17, 15) is 9.59 Å². The number of carbonyl (C=O) groups is 2. The standard InChI is InChI=1S/C16H16N4O3/c1-20-9-5-8-13(20)16(22)18-17-15(21)12-10-14(23-19-12)11-6-3-2-4-7-11/h2-9,14H,10H2,1H3,(H,17,21)(H,18,22)/t14-/m1/s1. The molecule has 0 saturated heterocycles. The minimum atomic E-state index is -0.481. The van der Waals surface area contributed by atoms with Gasteiger partial charge in [-0.15, -0.1) is 0 Å². The molecule has 0 spiro atoms. The van der Waals surface area contributed by atoms with Crippen LogP contribution in [-0.4, -0.2) is 22.1 Å². The highest BCUT2D eigenvalue weighted by atomic mass is 16.6. The smallest absolute Gasteiger partial charge is 0.287 e. The molecule has 0 aliphatic carbocycles. The maximum atomic E-state index is 12.0. The number of carbonyl (C=O) groups excluding carboxylic acids is 2. The highest BCUT2D eigenvalue weighted by molar-refractivity contribution is 6.39. The Balaban J connectivity index is 1.54. The minimum absolute atomic E-state index is 0.242. The molecule has 23 heavy (non-hydrogen) atoms. The van der Waals surface area contributed by atoms with Crippen molar-refractivity contribution >= 4 is 17.5 Å². The van der Waals surface area contributed by atoms with Crippen molar-refractivity contribution in [2.45, 2.75) is 12.5 Å². The first-order chi connectivity index (χ1) is 11.1. The summed E-state index contributed by atoms with van der Waals surface area (Å²) >= 11 is 0. The zero-order valence-electron chi connectivity index (χ0n) is 12.5. The Kier molecular flexibility index (Phi) is 4.09. The number of nitrogens with one attached hydrogen (secondary N) is 2. The van der Waals surface area contributed by atoms with Crippen molar-refractivity contribution in [3.8, 4) is 0 Å². The maximum Gasteiger partial charge on any atom is 0.287 e. The second-order valence-corrected chi connectivity index (χ2v) is 5.16. The number of hydrogen-bond donors (Lipinski definition) is 2. The third kappa shape index (κ3) is 3.23. The molecular weight excluding hydrogens is 296 g/mol. The molecule has 1 aliphatic heterocycles. The summed E-state index contributed by atoms with van der Waals surface area (Å²) in [4.78, 5) is 29.2. The Hall–Kier alpha value is -3.09. The van der Waals surface area contributed by atoms with Gasteiger partial charge in [0.15, 0.2) is 11.8 Å². The fourth-order valence-corrected chi connectivity index (χ4v) is 2.30. The van der Waals surface area contributed by atoms with Gasteiger partial charge in [0, 0.05) is 19.7 Å². The van der Waals surface area contributed by atoms with Gasteiger partial charge >= 0.3 is 0 Å². The lowest BCUT2D eigenvalue weighted by Crippen LogP contribution is -2.45. The molecule has 1 aromatic heterocycles. The first-order valence-corrected chi connectivity index (χ1v) is 7.15. The topological polar surface area (TPSA) is 84.7 Å². The second kappa shape index (κ2) is 6.35. The van der Waals surface area contributed by atoms with Gasteiger partial charge in [-0.05, 0) is 17.7 Å². The number of aryl methyl sites for hydroxylation is 1. The SMILES string of the molecule is Cn1cccc1C(=O)NNC(=O)C1=NO[C@@H](c2ccccc2)C1. The zero-order chi connectivity index (χ0) is 16.2. The average molecular weight is 312 g/mol. The van der Waals surface area contributed by atoms with Gasteiger partial charge < -0.3 is 9.40 Å².